The Hall–Kier alpha value is -1.43. The molecule has 0 bridgehead atoms. The largest absolute Gasteiger partial charge is 0.454 e. The Morgan fingerprint density at radius 2 is 1.34 bits per heavy atom. The van der Waals surface area contributed by atoms with Crippen molar-refractivity contribution in [3.8, 4) is 0 Å². The molecule has 3 aliphatic heterocycles. The second kappa shape index (κ2) is 19.3. The summed E-state index contributed by atoms with van der Waals surface area (Å²) in [6.07, 6.45) is -13.8. The maximum absolute atomic E-state index is 12.6. The monoisotopic (exact) mass is 806 g/mol. The summed E-state index contributed by atoms with van der Waals surface area (Å²) < 4.78 is 47.0. The lowest BCUT2D eigenvalue weighted by Crippen LogP contribution is -2.63. The second-order valence-corrected chi connectivity index (χ2v) is 16.5. The number of hydrogen-bond acceptors (Lipinski definition) is 18. The summed E-state index contributed by atoms with van der Waals surface area (Å²) in [6.45, 7) is 1.03. The van der Waals surface area contributed by atoms with Crippen LogP contribution in [-0.2, 0) is 42.7 Å². The van der Waals surface area contributed by atoms with Crippen molar-refractivity contribution in [2.45, 2.75) is 181 Å². The predicted octanol–water partition coefficient (Wildman–Crippen LogP) is -2.23. The molecule has 0 spiro atoms. The molecule has 0 aromatic heterocycles. The quantitative estimate of drug-likeness (QED) is 0.0790. The van der Waals surface area contributed by atoms with Crippen molar-refractivity contribution in [2.75, 3.05) is 20.8 Å². The van der Waals surface area contributed by atoms with Gasteiger partial charge in [-0.15, -0.1) is 0 Å². The molecule has 3 saturated heterocycles. The van der Waals surface area contributed by atoms with E-state index in [9.17, 15) is 50.8 Å². The van der Waals surface area contributed by atoms with Gasteiger partial charge < -0.3 is 83.9 Å². The van der Waals surface area contributed by atoms with Gasteiger partial charge in [0.1, 0.15) is 42.7 Å². The van der Waals surface area contributed by atoms with Crippen LogP contribution in [0, 0.1) is 17.8 Å². The minimum Gasteiger partial charge on any atom is -0.454 e. The van der Waals surface area contributed by atoms with Crippen LogP contribution in [0.25, 0.3) is 0 Å². The zero-order valence-electron chi connectivity index (χ0n) is 32.1. The van der Waals surface area contributed by atoms with Crippen molar-refractivity contribution in [1.29, 1.82) is 0 Å². The van der Waals surface area contributed by atoms with Crippen LogP contribution in [0.3, 0.4) is 0 Å². The Kier molecular flexibility index (Phi) is 15.2. The first-order valence-corrected chi connectivity index (χ1v) is 20.0. The summed E-state index contributed by atoms with van der Waals surface area (Å²) in [4.78, 5) is 12.6. The highest BCUT2D eigenvalue weighted by molar-refractivity contribution is 5.82. The zero-order chi connectivity index (χ0) is 40.4. The lowest BCUT2D eigenvalue weighted by atomic mass is 9.72. The fourth-order valence-corrected chi connectivity index (χ4v) is 9.41. The fraction of sp³-hybridized carbons (Fsp3) is 0.921. The van der Waals surface area contributed by atoms with Crippen molar-refractivity contribution in [1.82, 2.24) is 0 Å². The van der Waals surface area contributed by atoms with Crippen LogP contribution in [0.4, 0.5) is 0 Å². The molecule has 18 heteroatoms. The van der Waals surface area contributed by atoms with Crippen molar-refractivity contribution >= 4 is 5.97 Å². The lowest BCUT2D eigenvalue weighted by Gasteiger charge is -2.52. The first kappa shape index (κ1) is 44.1. The number of methoxy groups -OCH3 is 2. The van der Waals surface area contributed by atoms with E-state index < -0.39 is 129 Å². The van der Waals surface area contributed by atoms with Crippen molar-refractivity contribution < 1.29 is 88.6 Å². The SMILES string of the molecule is COC1CC(C2OC3CC(O)CC(O)C3CC2O[C@@H]2O[C@H](CO[C@@H]3O[C@@H](C)[C@H](OC(=O)C=CC4CCC(O)CC4)[C@@H](O)[C@H]3O)[C@@H](O)[C@H](O)[C@H]2O)CC(OC)C1O. The van der Waals surface area contributed by atoms with Crippen LogP contribution in [0.2, 0.25) is 0 Å². The minimum atomic E-state index is -1.76. The molecule has 3 aliphatic carbocycles. The molecule has 18 atom stereocenters. The van der Waals surface area contributed by atoms with Gasteiger partial charge in [-0.2, -0.15) is 0 Å². The van der Waals surface area contributed by atoms with E-state index in [1.54, 1.807) is 6.08 Å². The van der Waals surface area contributed by atoms with Crippen LogP contribution >= 0.6 is 0 Å². The Morgan fingerprint density at radius 1 is 0.679 bits per heavy atom. The van der Waals surface area contributed by atoms with Crippen LogP contribution in [0.5, 0.6) is 0 Å². The lowest BCUT2D eigenvalue weighted by molar-refractivity contribution is -0.346. The smallest absolute Gasteiger partial charge is 0.330 e. The molecule has 6 aliphatic rings. The average Bonchev–Trinajstić information content (AvgIpc) is 3.17. The van der Waals surface area contributed by atoms with E-state index in [1.165, 1.54) is 27.2 Å². The molecule has 0 amide bonds. The topological polar surface area (TPSA) is 273 Å². The van der Waals surface area contributed by atoms with Gasteiger partial charge in [-0.25, -0.2) is 4.79 Å². The summed E-state index contributed by atoms with van der Waals surface area (Å²) in [7, 11) is 2.97. The van der Waals surface area contributed by atoms with E-state index in [0.717, 1.165) is 12.8 Å². The third-order valence-electron chi connectivity index (χ3n) is 12.8. The summed E-state index contributed by atoms with van der Waals surface area (Å²) in [5.41, 5.74) is 0. The Labute approximate surface area is 326 Å². The standard InChI is InChI=1S/C38H62O18/c1-16-35(56-28(42)9-6-17-4-7-19(39)8-5-17)32(46)34(48)37(52-16)51-15-27-30(44)31(45)33(47)38(55-27)54-26-14-21-22(41)12-20(40)13-23(21)53-36(26)18-10-24(49-2)29(43)25(11-18)50-3/h6,9,16-27,29-41,43-48H,4-5,7-8,10-15H2,1-3H3/t16-,17?,18?,19?,20?,21?,22?,23?,24?,25?,26?,27+,29?,30+,31-,32-,33+,34+,35-,36?,37+,38+/m0/s1. The number of hydrogen-bond donors (Lipinski definition) is 9. The number of esters is 1. The highest BCUT2D eigenvalue weighted by Crippen LogP contribution is 2.44. The molecule has 322 valence electrons. The Morgan fingerprint density at radius 3 is 2.00 bits per heavy atom. The number of allylic oxidation sites excluding steroid dienone is 1. The molecule has 3 saturated carbocycles. The van der Waals surface area contributed by atoms with E-state index in [-0.39, 0.29) is 30.8 Å². The van der Waals surface area contributed by atoms with Gasteiger partial charge in [0, 0.05) is 26.2 Å². The average molecular weight is 807 g/mol. The molecule has 56 heavy (non-hydrogen) atoms. The molecule has 9 N–H and O–H groups in total. The van der Waals surface area contributed by atoms with E-state index in [1.807, 2.05) is 0 Å². The summed E-state index contributed by atoms with van der Waals surface area (Å²) in [5, 5.41) is 96.5. The third-order valence-corrected chi connectivity index (χ3v) is 12.8. The normalized spacial score (nSPS) is 50.4. The first-order valence-electron chi connectivity index (χ1n) is 20.0. The van der Waals surface area contributed by atoms with E-state index >= 15 is 0 Å². The number of rotatable bonds is 11. The van der Waals surface area contributed by atoms with Gasteiger partial charge in [0.25, 0.3) is 0 Å². The van der Waals surface area contributed by atoms with Crippen molar-refractivity contribution in [3.63, 3.8) is 0 Å². The first-order chi connectivity index (χ1) is 26.7. The molecule has 6 rings (SSSR count). The molecule has 0 radical (unpaired) electrons. The summed E-state index contributed by atoms with van der Waals surface area (Å²) in [5.74, 6) is -1.33. The van der Waals surface area contributed by atoms with Gasteiger partial charge in [-0.05, 0) is 76.5 Å². The van der Waals surface area contributed by atoms with Crippen LogP contribution in [-0.4, -0.2) is 189 Å². The number of carbonyl (C=O) groups excluding carboxylic acids is 1. The van der Waals surface area contributed by atoms with Gasteiger partial charge in [0.15, 0.2) is 18.7 Å². The number of fused-ring (bicyclic) bond motifs is 1. The Bertz CT molecular complexity index is 1270. The van der Waals surface area contributed by atoms with Gasteiger partial charge in [-0.3, -0.25) is 0 Å². The molecule has 0 aromatic carbocycles. The molecule has 0 aromatic rings. The van der Waals surface area contributed by atoms with Gasteiger partial charge in [-0.1, -0.05) is 6.08 Å². The van der Waals surface area contributed by atoms with E-state index in [2.05, 4.69) is 0 Å². The van der Waals surface area contributed by atoms with Crippen LogP contribution in [0.15, 0.2) is 12.2 Å². The summed E-state index contributed by atoms with van der Waals surface area (Å²) >= 11 is 0. The van der Waals surface area contributed by atoms with E-state index in [0.29, 0.717) is 32.1 Å². The maximum Gasteiger partial charge on any atom is 0.330 e. The van der Waals surface area contributed by atoms with Crippen molar-refractivity contribution in [3.05, 3.63) is 12.2 Å². The van der Waals surface area contributed by atoms with E-state index in [4.69, 9.17) is 37.9 Å². The number of aliphatic hydroxyl groups is 9. The summed E-state index contributed by atoms with van der Waals surface area (Å²) in [6, 6.07) is 0. The Balaban J connectivity index is 1.09. The zero-order valence-corrected chi connectivity index (χ0v) is 32.1. The highest BCUT2D eigenvalue weighted by Gasteiger charge is 2.54. The van der Waals surface area contributed by atoms with Crippen LogP contribution in [0.1, 0.15) is 64.7 Å². The molecule has 3 heterocycles. The van der Waals surface area contributed by atoms with Crippen molar-refractivity contribution in [2.24, 2.45) is 17.8 Å². The fourth-order valence-electron chi connectivity index (χ4n) is 9.41. The molecular formula is C38H62O18. The second-order valence-electron chi connectivity index (χ2n) is 16.5. The number of carbonyl (C=O) groups is 1. The van der Waals surface area contributed by atoms with Gasteiger partial charge in [0.05, 0.1) is 61.5 Å². The number of aliphatic hydroxyl groups excluding tert-OH is 9. The minimum absolute atomic E-state index is 0.116. The molecular weight excluding hydrogens is 744 g/mol. The highest BCUT2D eigenvalue weighted by atomic mass is 16.7. The van der Waals surface area contributed by atoms with Gasteiger partial charge >= 0.3 is 5.97 Å². The molecule has 8 unspecified atom stereocenters. The predicted molar refractivity (Wildman–Crippen MR) is 189 cm³/mol. The maximum atomic E-state index is 12.6. The van der Waals surface area contributed by atoms with Crippen LogP contribution < -0.4 is 0 Å². The third kappa shape index (κ3) is 9.94. The number of ether oxygens (including phenoxy) is 8. The molecule has 6 fully saturated rings. The van der Waals surface area contributed by atoms with Gasteiger partial charge in [0.2, 0.25) is 0 Å². The molecule has 18 nitrogen and oxygen atoms in total.